The van der Waals surface area contributed by atoms with Gasteiger partial charge in [0.2, 0.25) is 0 Å². The molecule has 1 amide bonds. The molecular weight excluding hydrogens is 490 g/mol. The molecule has 35 heavy (non-hydrogen) atoms. The summed E-state index contributed by atoms with van der Waals surface area (Å²) in [4.78, 5) is 33.0. The van der Waals surface area contributed by atoms with E-state index in [-0.39, 0.29) is 30.4 Å². The summed E-state index contributed by atoms with van der Waals surface area (Å²) in [5.41, 5.74) is 2.46. The third-order valence-electron chi connectivity index (χ3n) is 6.00. The quantitative estimate of drug-likeness (QED) is 0.471. The lowest BCUT2D eigenvalue weighted by Crippen LogP contribution is -2.40. The normalized spacial score (nSPS) is 18.2. The second-order valence-corrected chi connectivity index (χ2v) is 9.45. The molecule has 1 aromatic carbocycles. The molecule has 0 saturated carbocycles. The zero-order valence-corrected chi connectivity index (χ0v) is 20.6. The van der Waals surface area contributed by atoms with Crippen LogP contribution >= 0.6 is 22.9 Å². The molecule has 1 unspecified atom stereocenters. The van der Waals surface area contributed by atoms with Crippen molar-refractivity contribution in [2.24, 2.45) is 5.16 Å². The van der Waals surface area contributed by atoms with Crippen molar-refractivity contribution in [2.45, 2.75) is 31.3 Å². The Bertz CT molecular complexity index is 1230. The van der Waals surface area contributed by atoms with Crippen molar-refractivity contribution in [3.8, 4) is 11.8 Å². The van der Waals surface area contributed by atoms with Gasteiger partial charge in [0, 0.05) is 53.8 Å². The van der Waals surface area contributed by atoms with Crippen LogP contribution in [0.2, 0.25) is 5.02 Å². The third kappa shape index (κ3) is 5.23. The molecule has 3 aromatic rings. The van der Waals surface area contributed by atoms with Crippen LogP contribution in [0.5, 0.6) is 11.8 Å². The molecule has 1 radical (unpaired) electrons. The van der Waals surface area contributed by atoms with Gasteiger partial charge in [0.05, 0.1) is 17.8 Å². The van der Waals surface area contributed by atoms with Gasteiger partial charge in [0.1, 0.15) is 5.71 Å². The lowest BCUT2D eigenvalue weighted by molar-refractivity contribution is -0.134. The van der Waals surface area contributed by atoms with Gasteiger partial charge in [-0.15, -0.1) is 11.3 Å². The van der Waals surface area contributed by atoms with Gasteiger partial charge in [-0.1, -0.05) is 28.9 Å². The zero-order chi connectivity index (χ0) is 24.2. The molecule has 4 heterocycles. The van der Waals surface area contributed by atoms with Crippen LogP contribution in [0.4, 0.5) is 0 Å². The number of halogens is 1. The van der Waals surface area contributed by atoms with Crippen LogP contribution in [-0.2, 0) is 9.63 Å². The summed E-state index contributed by atoms with van der Waals surface area (Å²) in [6, 6.07) is 8.63. The molecule has 11 heteroatoms. The largest absolute Gasteiger partial charge is 0.477 e. The number of hydrogen-bond donors (Lipinski definition) is 0. The van der Waals surface area contributed by atoms with Crippen molar-refractivity contribution in [3.05, 3.63) is 63.3 Å². The summed E-state index contributed by atoms with van der Waals surface area (Å²) in [7, 11) is 1.48. The number of piperidine rings is 1. The minimum atomic E-state index is -0.248. The minimum absolute atomic E-state index is 0.0872. The van der Waals surface area contributed by atoms with E-state index >= 15 is 0 Å². The van der Waals surface area contributed by atoms with Crippen LogP contribution < -0.4 is 9.47 Å². The topological polar surface area (TPSA) is 99.0 Å². The van der Waals surface area contributed by atoms with E-state index < -0.39 is 0 Å². The first-order valence-electron chi connectivity index (χ1n) is 11.2. The molecule has 2 aliphatic heterocycles. The first kappa shape index (κ1) is 23.5. The van der Waals surface area contributed by atoms with Crippen molar-refractivity contribution in [1.82, 2.24) is 19.9 Å². The number of oxime groups is 1. The predicted molar refractivity (Wildman–Crippen MR) is 130 cm³/mol. The van der Waals surface area contributed by atoms with Crippen LogP contribution in [0, 0.1) is 6.07 Å². The van der Waals surface area contributed by atoms with Gasteiger partial charge in [-0.05, 0) is 25.0 Å². The number of methoxy groups -OCH3 is 1. The maximum atomic E-state index is 12.6. The van der Waals surface area contributed by atoms with Gasteiger partial charge in [-0.3, -0.25) is 4.79 Å². The molecule has 0 bridgehead atoms. The number of hydrogen-bond acceptors (Lipinski definition) is 9. The number of aromatic nitrogens is 3. The van der Waals surface area contributed by atoms with E-state index in [1.165, 1.54) is 19.5 Å². The maximum Gasteiger partial charge on any atom is 0.278 e. The number of nitrogens with zero attached hydrogens (tertiary/aromatic N) is 5. The smallest absolute Gasteiger partial charge is 0.278 e. The van der Waals surface area contributed by atoms with E-state index in [0.29, 0.717) is 30.5 Å². The molecule has 0 spiro atoms. The second kappa shape index (κ2) is 10.6. The molecule has 1 saturated heterocycles. The Morgan fingerprint density at radius 1 is 1.29 bits per heavy atom. The molecule has 0 N–H and O–H groups in total. The molecule has 181 valence electrons. The Morgan fingerprint density at radius 3 is 2.86 bits per heavy atom. The predicted octanol–water partition coefficient (Wildman–Crippen LogP) is 4.05. The first-order valence-corrected chi connectivity index (χ1v) is 12.5. The van der Waals surface area contributed by atoms with E-state index in [1.54, 1.807) is 11.3 Å². The van der Waals surface area contributed by atoms with E-state index in [9.17, 15) is 4.79 Å². The van der Waals surface area contributed by atoms with E-state index in [4.69, 9.17) is 30.9 Å². The van der Waals surface area contributed by atoms with Gasteiger partial charge in [0.25, 0.3) is 17.7 Å². The number of ether oxygens (including phenoxy) is 2. The summed E-state index contributed by atoms with van der Waals surface area (Å²) < 4.78 is 10.6. The van der Waals surface area contributed by atoms with E-state index in [1.807, 2.05) is 28.5 Å². The monoisotopic (exact) mass is 512 g/mol. The molecule has 1 atom stereocenters. The SMILES string of the molecule is COc1nccnc1OCC(=O)N1CCC(c2nc(C3=NOC(c4[c]cccc4Cl)C3)cs2)CC1. The Kier molecular flexibility index (Phi) is 7.10. The number of thiazole rings is 1. The van der Waals surface area contributed by atoms with E-state index in [0.717, 1.165) is 34.8 Å². The molecule has 0 aliphatic carbocycles. The lowest BCUT2D eigenvalue weighted by atomic mass is 9.97. The Hall–Kier alpha value is -3.24. The summed E-state index contributed by atoms with van der Waals surface area (Å²) in [6.45, 7) is 1.19. The Morgan fingerprint density at radius 2 is 2.09 bits per heavy atom. The van der Waals surface area contributed by atoms with Crippen molar-refractivity contribution in [2.75, 3.05) is 26.8 Å². The van der Waals surface area contributed by atoms with Crippen LogP contribution in [0.3, 0.4) is 0 Å². The Labute approximate surface area is 211 Å². The van der Waals surface area contributed by atoms with Crippen LogP contribution in [0.1, 0.15) is 47.5 Å². The number of carbonyl (C=O) groups excluding carboxylic acids is 1. The van der Waals surface area contributed by atoms with Gasteiger partial charge in [-0.25, -0.2) is 15.0 Å². The van der Waals surface area contributed by atoms with Crippen molar-refractivity contribution in [3.63, 3.8) is 0 Å². The number of likely N-dealkylation sites (tertiary alicyclic amines) is 1. The molecule has 5 rings (SSSR count). The van der Waals surface area contributed by atoms with Gasteiger partial charge >= 0.3 is 0 Å². The van der Waals surface area contributed by atoms with Crippen molar-refractivity contribution < 1.29 is 19.1 Å². The fourth-order valence-electron chi connectivity index (χ4n) is 4.12. The minimum Gasteiger partial charge on any atom is -0.477 e. The molecule has 1 fully saturated rings. The van der Waals surface area contributed by atoms with Gasteiger partial charge in [-0.2, -0.15) is 0 Å². The summed E-state index contributed by atoms with van der Waals surface area (Å²) in [5, 5.41) is 7.96. The standard InChI is InChI=1S/C24H23ClN5O4S/c1-32-22-23(27-9-8-26-22)33-13-21(31)30-10-6-15(7-11-30)24-28-19(14-35-24)18-12-20(34-29-18)16-4-2-3-5-17(16)25/h2-3,5,8-9,14-15,20H,6-7,10-13H2,1H3. The Balaban J connectivity index is 1.13. The number of benzene rings is 1. The highest BCUT2D eigenvalue weighted by molar-refractivity contribution is 7.10. The van der Waals surface area contributed by atoms with Crippen LogP contribution in [-0.4, -0.2) is 58.3 Å². The summed E-state index contributed by atoms with van der Waals surface area (Å²) in [5.74, 6) is 0.680. The molecule has 2 aliphatic rings. The summed E-state index contributed by atoms with van der Waals surface area (Å²) in [6.07, 6.45) is 5.04. The molecule has 9 nitrogen and oxygen atoms in total. The average molecular weight is 513 g/mol. The highest BCUT2D eigenvalue weighted by Crippen LogP contribution is 2.35. The third-order valence-corrected chi connectivity index (χ3v) is 7.34. The fourth-order valence-corrected chi connectivity index (χ4v) is 5.37. The second-order valence-electron chi connectivity index (χ2n) is 8.15. The fraction of sp³-hybridized carbons (Fsp3) is 0.375. The average Bonchev–Trinajstić information content (AvgIpc) is 3.58. The molecular formula is C24H23ClN5O4S. The number of rotatable bonds is 7. The van der Waals surface area contributed by atoms with Crippen molar-refractivity contribution in [1.29, 1.82) is 0 Å². The molecule has 2 aromatic heterocycles. The van der Waals surface area contributed by atoms with Gasteiger partial charge in [0.15, 0.2) is 12.7 Å². The number of amides is 1. The zero-order valence-electron chi connectivity index (χ0n) is 19.0. The highest BCUT2D eigenvalue weighted by Gasteiger charge is 2.30. The van der Waals surface area contributed by atoms with E-state index in [2.05, 4.69) is 21.2 Å². The lowest BCUT2D eigenvalue weighted by Gasteiger charge is -2.31. The maximum absolute atomic E-state index is 12.6. The number of carbonyl (C=O) groups is 1. The highest BCUT2D eigenvalue weighted by atomic mass is 35.5. The van der Waals surface area contributed by atoms with Crippen LogP contribution in [0.15, 0.2) is 41.1 Å². The van der Waals surface area contributed by atoms with Gasteiger partial charge < -0.3 is 19.2 Å². The van der Waals surface area contributed by atoms with Crippen LogP contribution in [0.25, 0.3) is 0 Å². The first-order chi connectivity index (χ1) is 17.1. The summed E-state index contributed by atoms with van der Waals surface area (Å²) >= 11 is 7.90. The van der Waals surface area contributed by atoms with Crippen molar-refractivity contribution >= 4 is 34.6 Å².